The van der Waals surface area contributed by atoms with E-state index in [-0.39, 0.29) is 5.90 Å². The van der Waals surface area contributed by atoms with E-state index in [4.69, 9.17) is 10.1 Å². The Bertz CT molecular complexity index is 272. The van der Waals surface area contributed by atoms with Crippen molar-refractivity contribution < 1.29 is 4.74 Å². The Morgan fingerprint density at radius 3 is 2.56 bits per heavy atom. The molecule has 0 saturated heterocycles. The lowest BCUT2D eigenvalue weighted by Crippen LogP contribution is -2.18. The van der Waals surface area contributed by atoms with Gasteiger partial charge in [-0.25, -0.2) is 4.40 Å². The lowest BCUT2D eigenvalue weighted by Gasteiger charge is -2.09. The summed E-state index contributed by atoms with van der Waals surface area (Å²) in [5, 5.41) is 7.72. The van der Waals surface area contributed by atoms with Crippen LogP contribution in [0.5, 0.6) is 0 Å². The van der Waals surface area contributed by atoms with E-state index in [1.165, 1.54) is 12.8 Å². The predicted octanol–water partition coefficient (Wildman–Crippen LogP) is 3.81. The molecule has 0 bridgehead atoms. The average molecular weight is 242 g/mol. The number of ether oxygens (including phenoxy) is 1. The summed E-state index contributed by atoms with van der Waals surface area (Å²) in [5.41, 5.74) is 1.43. The Morgan fingerprint density at radius 1 is 1.38 bits per heavy atom. The number of nitrogens with one attached hydrogen (secondary N) is 1. The Hall–Kier alpha value is -0.770. The number of unbranched alkanes of at least 4 members (excludes halogenated alkanes) is 3. The summed E-state index contributed by atoms with van der Waals surface area (Å²) in [6.07, 6.45) is 6.46. The SMILES string of the molecule is C/C=C(C)/C(=N/S)C(=N)OCCCCCC. The van der Waals surface area contributed by atoms with E-state index in [0.29, 0.717) is 12.3 Å². The van der Waals surface area contributed by atoms with E-state index >= 15 is 0 Å². The number of allylic oxidation sites excluding steroid dienone is 1. The second kappa shape index (κ2) is 9.46. The zero-order valence-electron chi connectivity index (χ0n) is 10.4. The van der Waals surface area contributed by atoms with Crippen molar-refractivity contribution in [2.75, 3.05) is 6.61 Å². The molecule has 0 amide bonds. The van der Waals surface area contributed by atoms with Crippen molar-refractivity contribution in [1.82, 2.24) is 0 Å². The summed E-state index contributed by atoms with van der Waals surface area (Å²) < 4.78 is 9.09. The van der Waals surface area contributed by atoms with Crippen LogP contribution in [0.4, 0.5) is 0 Å². The van der Waals surface area contributed by atoms with Crippen LogP contribution in [0.25, 0.3) is 0 Å². The van der Waals surface area contributed by atoms with E-state index in [1.807, 2.05) is 19.9 Å². The quantitative estimate of drug-likeness (QED) is 0.303. The first-order valence-corrected chi connectivity index (χ1v) is 6.14. The van der Waals surface area contributed by atoms with Gasteiger partial charge >= 0.3 is 0 Å². The minimum atomic E-state index is 0.113. The molecule has 0 rings (SSSR count). The molecule has 0 atom stereocenters. The molecule has 0 unspecified atom stereocenters. The minimum absolute atomic E-state index is 0.113. The Labute approximate surface area is 104 Å². The van der Waals surface area contributed by atoms with E-state index in [9.17, 15) is 0 Å². The third-order valence-corrected chi connectivity index (χ3v) is 2.57. The topological polar surface area (TPSA) is 45.4 Å². The fraction of sp³-hybridized carbons (Fsp3) is 0.667. The lowest BCUT2D eigenvalue weighted by molar-refractivity contribution is 0.296. The predicted molar refractivity (Wildman–Crippen MR) is 73.7 cm³/mol. The molecule has 0 aliphatic carbocycles. The molecule has 3 nitrogen and oxygen atoms in total. The first kappa shape index (κ1) is 15.2. The highest BCUT2D eigenvalue weighted by Gasteiger charge is 2.09. The summed E-state index contributed by atoms with van der Waals surface area (Å²) in [4.78, 5) is 0. The van der Waals surface area contributed by atoms with Crippen molar-refractivity contribution in [3.05, 3.63) is 11.6 Å². The molecule has 0 aromatic heterocycles. The van der Waals surface area contributed by atoms with Crippen molar-refractivity contribution in [3.63, 3.8) is 0 Å². The van der Waals surface area contributed by atoms with Gasteiger partial charge in [-0.3, -0.25) is 5.41 Å². The number of hydrogen-bond acceptors (Lipinski definition) is 4. The summed E-state index contributed by atoms with van der Waals surface area (Å²) >= 11 is 3.85. The maximum Gasteiger partial charge on any atom is 0.233 e. The van der Waals surface area contributed by atoms with Gasteiger partial charge in [-0.05, 0) is 38.7 Å². The first-order chi connectivity index (χ1) is 7.67. The highest BCUT2D eigenvalue weighted by atomic mass is 32.1. The summed E-state index contributed by atoms with van der Waals surface area (Å²) in [6, 6.07) is 0. The van der Waals surface area contributed by atoms with E-state index in [0.717, 1.165) is 18.4 Å². The summed E-state index contributed by atoms with van der Waals surface area (Å²) in [6.45, 7) is 6.56. The van der Waals surface area contributed by atoms with Gasteiger partial charge in [0, 0.05) is 0 Å². The van der Waals surface area contributed by atoms with Crippen molar-refractivity contribution in [1.29, 1.82) is 5.41 Å². The Morgan fingerprint density at radius 2 is 2.06 bits per heavy atom. The molecule has 0 saturated carbocycles. The number of rotatable bonds is 7. The lowest BCUT2D eigenvalue weighted by atomic mass is 10.2. The maximum absolute atomic E-state index is 7.72. The van der Waals surface area contributed by atoms with Crippen molar-refractivity contribution in [3.8, 4) is 0 Å². The smallest absolute Gasteiger partial charge is 0.233 e. The van der Waals surface area contributed by atoms with Crippen molar-refractivity contribution >= 4 is 24.4 Å². The van der Waals surface area contributed by atoms with Crippen molar-refractivity contribution in [2.45, 2.75) is 46.5 Å². The molecule has 0 spiro atoms. The summed E-state index contributed by atoms with van der Waals surface area (Å²) in [7, 11) is 0. The molecule has 0 aromatic carbocycles. The van der Waals surface area contributed by atoms with Gasteiger partial charge in [-0.2, -0.15) is 0 Å². The van der Waals surface area contributed by atoms with Crippen LogP contribution in [0.1, 0.15) is 46.5 Å². The van der Waals surface area contributed by atoms with Gasteiger partial charge in [0.15, 0.2) is 0 Å². The second-order valence-electron chi connectivity index (χ2n) is 3.66. The Balaban J connectivity index is 3.96. The molecule has 0 heterocycles. The van der Waals surface area contributed by atoms with Crippen LogP contribution in [0.3, 0.4) is 0 Å². The zero-order valence-corrected chi connectivity index (χ0v) is 11.3. The molecule has 0 aromatic rings. The van der Waals surface area contributed by atoms with Crippen LogP contribution < -0.4 is 0 Å². The molecule has 92 valence electrons. The van der Waals surface area contributed by atoms with Crippen LogP contribution >= 0.6 is 12.8 Å². The van der Waals surface area contributed by atoms with Gasteiger partial charge in [0.25, 0.3) is 0 Å². The van der Waals surface area contributed by atoms with Crippen LogP contribution in [-0.2, 0) is 4.74 Å². The monoisotopic (exact) mass is 242 g/mol. The van der Waals surface area contributed by atoms with E-state index in [2.05, 4.69) is 24.1 Å². The number of nitrogens with zero attached hydrogens (tertiary/aromatic N) is 1. The molecule has 4 heteroatoms. The summed E-state index contributed by atoms with van der Waals surface area (Å²) in [5.74, 6) is 0.113. The molecule has 1 N–H and O–H groups in total. The minimum Gasteiger partial charge on any atom is -0.477 e. The highest BCUT2D eigenvalue weighted by Crippen LogP contribution is 2.04. The van der Waals surface area contributed by atoms with Crippen LogP contribution in [0, 0.1) is 5.41 Å². The van der Waals surface area contributed by atoms with Gasteiger partial charge in [0.1, 0.15) is 5.71 Å². The van der Waals surface area contributed by atoms with Gasteiger partial charge in [0.2, 0.25) is 5.90 Å². The zero-order chi connectivity index (χ0) is 12.4. The molecular formula is C12H22N2OS. The highest BCUT2D eigenvalue weighted by molar-refractivity contribution is 7.79. The van der Waals surface area contributed by atoms with Gasteiger partial charge in [-0.1, -0.05) is 32.3 Å². The van der Waals surface area contributed by atoms with Gasteiger partial charge < -0.3 is 4.74 Å². The standard InChI is InChI=1S/C12H22N2OS/c1-4-6-7-8-9-15-12(13)11(14-16)10(3)5-2/h5,13,16H,4,6-9H2,1-3H3/b10-5+,13-12?,14-11-. The van der Waals surface area contributed by atoms with Crippen LogP contribution in [0.2, 0.25) is 0 Å². The molecule has 0 aliphatic heterocycles. The second-order valence-corrected chi connectivity index (χ2v) is 3.86. The largest absolute Gasteiger partial charge is 0.477 e. The van der Waals surface area contributed by atoms with Gasteiger partial charge in [0.05, 0.1) is 6.61 Å². The molecule has 0 fully saturated rings. The molecule has 0 radical (unpaired) electrons. The van der Waals surface area contributed by atoms with E-state index in [1.54, 1.807) is 0 Å². The fourth-order valence-electron chi connectivity index (χ4n) is 1.21. The third-order valence-electron chi connectivity index (χ3n) is 2.37. The molecule has 16 heavy (non-hydrogen) atoms. The van der Waals surface area contributed by atoms with Gasteiger partial charge in [-0.15, -0.1) is 0 Å². The van der Waals surface area contributed by atoms with Crippen molar-refractivity contribution in [2.24, 2.45) is 4.40 Å². The third kappa shape index (κ3) is 5.95. The first-order valence-electron chi connectivity index (χ1n) is 5.74. The number of thiol groups is 1. The number of hydrogen-bond donors (Lipinski definition) is 2. The van der Waals surface area contributed by atoms with Crippen LogP contribution in [-0.4, -0.2) is 18.2 Å². The van der Waals surface area contributed by atoms with Crippen LogP contribution in [0.15, 0.2) is 16.0 Å². The normalized spacial score (nSPS) is 12.8. The fourth-order valence-corrected chi connectivity index (χ4v) is 1.46. The average Bonchev–Trinajstić information content (AvgIpc) is 2.29. The molecule has 0 aliphatic rings. The maximum atomic E-state index is 7.72. The van der Waals surface area contributed by atoms with E-state index < -0.39 is 0 Å². The molecular weight excluding hydrogens is 220 g/mol. The Kier molecular flexibility index (Phi) is 9.00.